The second-order valence-corrected chi connectivity index (χ2v) is 5.04. The third kappa shape index (κ3) is 2.72. The van der Waals surface area contributed by atoms with Crippen molar-refractivity contribution in [3.8, 4) is 0 Å². The predicted octanol–water partition coefficient (Wildman–Crippen LogP) is 1.75. The first kappa shape index (κ1) is 12.7. The Morgan fingerprint density at radius 2 is 2.17 bits per heavy atom. The summed E-state index contributed by atoms with van der Waals surface area (Å²) in [7, 11) is 0. The van der Waals surface area contributed by atoms with Crippen LogP contribution in [0.5, 0.6) is 0 Å². The minimum absolute atomic E-state index is 0.355. The molecule has 2 atom stereocenters. The standard InChI is InChI=1S/C13H20N4O/c1-8-4-2-3-5-11(8)17-13-10(12(15)18)6-9(14)7-16-13/h6-8,11H,2-5,14H2,1H3,(H2,15,18)(H,16,17). The van der Waals surface area contributed by atoms with Crippen LogP contribution in [0.3, 0.4) is 0 Å². The van der Waals surface area contributed by atoms with Crippen molar-refractivity contribution in [3.05, 3.63) is 17.8 Å². The first-order chi connectivity index (χ1) is 8.58. The number of hydrogen-bond donors (Lipinski definition) is 3. The van der Waals surface area contributed by atoms with Gasteiger partial charge in [-0.3, -0.25) is 4.79 Å². The number of nitrogens with one attached hydrogen (secondary N) is 1. The van der Waals surface area contributed by atoms with Gasteiger partial charge in [-0.15, -0.1) is 0 Å². The summed E-state index contributed by atoms with van der Waals surface area (Å²) in [5.41, 5.74) is 11.8. The highest BCUT2D eigenvalue weighted by molar-refractivity contribution is 5.98. The van der Waals surface area contributed by atoms with E-state index < -0.39 is 5.91 Å². The van der Waals surface area contributed by atoms with Gasteiger partial charge in [0.05, 0.1) is 17.4 Å². The van der Waals surface area contributed by atoms with Gasteiger partial charge in [-0.05, 0) is 24.8 Å². The Morgan fingerprint density at radius 3 is 2.83 bits per heavy atom. The second-order valence-electron chi connectivity index (χ2n) is 5.04. The van der Waals surface area contributed by atoms with Crippen molar-refractivity contribution < 1.29 is 4.79 Å². The topological polar surface area (TPSA) is 94.0 Å². The van der Waals surface area contributed by atoms with E-state index in [1.54, 1.807) is 12.3 Å². The van der Waals surface area contributed by atoms with Crippen LogP contribution in [0.4, 0.5) is 11.5 Å². The molecule has 5 heteroatoms. The number of nitrogens with zero attached hydrogens (tertiary/aromatic N) is 1. The maximum atomic E-state index is 11.4. The zero-order valence-corrected chi connectivity index (χ0v) is 10.6. The summed E-state index contributed by atoms with van der Waals surface area (Å²) in [6.45, 7) is 2.22. The molecule has 1 heterocycles. The minimum Gasteiger partial charge on any atom is -0.397 e. The van der Waals surface area contributed by atoms with Crippen molar-refractivity contribution >= 4 is 17.4 Å². The summed E-state index contributed by atoms with van der Waals surface area (Å²) in [5.74, 6) is 0.634. The molecule has 1 saturated carbocycles. The Hall–Kier alpha value is -1.78. The average molecular weight is 248 g/mol. The van der Waals surface area contributed by atoms with Crippen LogP contribution in [0.2, 0.25) is 0 Å². The van der Waals surface area contributed by atoms with Gasteiger partial charge in [0.25, 0.3) is 5.91 Å². The molecular weight excluding hydrogens is 228 g/mol. The number of carbonyl (C=O) groups excluding carboxylic acids is 1. The number of rotatable bonds is 3. The molecule has 0 aliphatic heterocycles. The summed E-state index contributed by atoms with van der Waals surface area (Å²) >= 11 is 0. The van der Waals surface area contributed by atoms with Crippen molar-refractivity contribution in [1.82, 2.24) is 4.98 Å². The molecule has 98 valence electrons. The lowest BCUT2D eigenvalue weighted by Gasteiger charge is -2.30. The molecule has 2 unspecified atom stereocenters. The third-order valence-electron chi connectivity index (χ3n) is 3.61. The van der Waals surface area contributed by atoms with Crippen LogP contribution in [0.15, 0.2) is 12.3 Å². The van der Waals surface area contributed by atoms with E-state index in [-0.39, 0.29) is 0 Å². The van der Waals surface area contributed by atoms with Gasteiger partial charge in [-0.1, -0.05) is 19.8 Å². The van der Waals surface area contributed by atoms with Gasteiger partial charge in [0.1, 0.15) is 5.82 Å². The predicted molar refractivity (Wildman–Crippen MR) is 72.2 cm³/mol. The van der Waals surface area contributed by atoms with Gasteiger partial charge < -0.3 is 16.8 Å². The molecule has 1 fully saturated rings. The zero-order chi connectivity index (χ0) is 13.1. The van der Waals surface area contributed by atoms with Gasteiger partial charge in [-0.2, -0.15) is 0 Å². The molecule has 2 rings (SSSR count). The number of carbonyl (C=O) groups is 1. The van der Waals surface area contributed by atoms with Gasteiger partial charge >= 0.3 is 0 Å². The average Bonchev–Trinajstić information content (AvgIpc) is 2.34. The van der Waals surface area contributed by atoms with Crippen LogP contribution in [0.25, 0.3) is 0 Å². The molecule has 5 nitrogen and oxygen atoms in total. The lowest BCUT2D eigenvalue weighted by atomic mass is 9.86. The number of nitrogen functional groups attached to an aromatic ring is 1. The molecule has 0 bridgehead atoms. The van der Waals surface area contributed by atoms with Gasteiger partial charge in [0.2, 0.25) is 0 Å². The Balaban J connectivity index is 2.20. The van der Waals surface area contributed by atoms with E-state index in [0.717, 1.165) is 6.42 Å². The van der Waals surface area contributed by atoms with Crippen molar-refractivity contribution in [3.63, 3.8) is 0 Å². The number of anilines is 2. The highest BCUT2D eigenvalue weighted by atomic mass is 16.1. The summed E-state index contributed by atoms with van der Waals surface area (Å²) in [6.07, 6.45) is 6.34. The number of amides is 1. The fourth-order valence-electron chi connectivity index (χ4n) is 2.49. The molecule has 5 N–H and O–H groups in total. The second kappa shape index (κ2) is 5.25. The largest absolute Gasteiger partial charge is 0.397 e. The number of nitrogens with two attached hydrogens (primary N) is 2. The number of hydrogen-bond acceptors (Lipinski definition) is 4. The van der Waals surface area contributed by atoms with E-state index in [1.807, 2.05) is 0 Å². The molecule has 0 spiro atoms. The van der Waals surface area contributed by atoms with Crippen LogP contribution in [0, 0.1) is 5.92 Å². The van der Waals surface area contributed by atoms with E-state index in [1.165, 1.54) is 19.3 Å². The summed E-state index contributed by atoms with van der Waals surface area (Å²) in [5, 5.41) is 3.34. The molecule has 0 aromatic carbocycles. The van der Waals surface area contributed by atoms with Gasteiger partial charge in [0.15, 0.2) is 0 Å². The van der Waals surface area contributed by atoms with Crippen LogP contribution in [-0.4, -0.2) is 16.9 Å². The third-order valence-corrected chi connectivity index (χ3v) is 3.61. The monoisotopic (exact) mass is 248 g/mol. The van der Waals surface area contributed by atoms with Crippen LogP contribution < -0.4 is 16.8 Å². The molecule has 1 aromatic rings. The smallest absolute Gasteiger partial charge is 0.252 e. The molecule has 0 saturated heterocycles. The van der Waals surface area contributed by atoms with E-state index in [0.29, 0.717) is 29.0 Å². The highest BCUT2D eigenvalue weighted by Crippen LogP contribution is 2.27. The van der Waals surface area contributed by atoms with Crippen LogP contribution in [-0.2, 0) is 0 Å². The molecule has 1 aliphatic carbocycles. The van der Waals surface area contributed by atoms with Gasteiger partial charge in [0, 0.05) is 6.04 Å². The maximum absolute atomic E-state index is 11.4. The minimum atomic E-state index is -0.499. The van der Waals surface area contributed by atoms with Crippen molar-refractivity contribution in [2.24, 2.45) is 11.7 Å². The highest BCUT2D eigenvalue weighted by Gasteiger charge is 2.23. The van der Waals surface area contributed by atoms with E-state index in [9.17, 15) is 4.79 Å². The van der Waals surface area contributed by atoms with Crippen molar-refractivity contribution in [2.45, 2.75) is 38.6 Å². The quantitative estimate of drug-likeness (QED) is 0.759. The van der Waals surface area contributed by atoms with E-state index in [2.05, 4.69) is 17.2 Å². The Kier molecular flexibility index (Phi) is 3.69. The number of aromatic nitrogens is 1. The van der Waals surface area contributed by atoms with Gasteiger partial charge in [-0.25, -0.2) is 4.98 Å². The molecule has 1 aliphatic rings. The first-order valence-electron chi connectivity index (χ1n) is 6.40. The molecular formula is C13H20N4O. The Bertz CT molecular complexity index is 447. The molecule has 1 aromatic heterocycles. The number of pyridine rings is 1. The van der Waals surface area contributed by atoms with Crippen LogP contribution >= 0.6 is 0 Å². The maximum Gasteiger partial charge on any atom is 0.252 e. The Morgan fingerprint density at radius 1 is 1.44 bits per heavy atom. The summed E-state index contributed by atoms with van der Waals surface area (Å²) in [6, 6.07) is 1.93. The Labute approximate surface area is 107 Å². The van der Waals surface area contributed by atoms with Crippen LogP contribution in [0.1, 0.15) is 43.0 Å². The molecule has 1 amide bonds. The number of primary amides is 1. The lowest BCUT2D eigenvalue weighted by Crippen LogP contribution is -2.31. The fourth-order valence-corrected chi connectivity index (χ4v) is 2.49. The SMILES string of the molecule is CC1CCCCC1Nc1ncc(N)cc1C(N)=O. The molecule has 18 heavy (non-hydrogen) atoms. The van der Waals surface area contributed by atoms with Crippen molar-refractivity contribution in [1.29, 1.82) is 0 Å². The van der Waals surface area contributed by atoms with E-state index in [4.69, 9.17) is 11.5 Å². The van der Waals surface area contributed by atoms with Crippen molar-refractivity contribution in [2.75, 3.05) is 11.1 Å². The van der Waals surface area contributed by atoms with E-state index >= 15 is 0 Å². The summed E-state index contributed by atoms with van der Waals surface area (Å²) < 4.78 is 0. The normalized spacial score (nSPS) is 23.6. The molecule has 0 radical (unpaired) electrons. The zero-order valence-electron chi connectivity index (χ0n) is 10.6. The first-order valence-corrected chi connectivity index (χ1v) is 6.40. The summed E-state index contributed by atoms with van der Waals surface area (Å²) in [4.78, 5) is 15.6. The fraction of sp³-hybridized carbons (Fsp3) is 0.538. The lowest BCUT2D eigenvalue weighted by molar-refractivity contribution is 0.100.